The molecule has 0 unspecified atom stereocenters. The predicted molar refractivity (Wildman–Crippen MR) is 92.6 cm³/mol. The number of Topliss-reactive ketones (excluding diaryl/α,β-unsaturated/α-hetero) is 1. The highest BCUT2D eigenvalue weighted by Crippen LogP contribution is 2.23. The quantitative estimate of drug-likeness (QED) is 0.519. The van der Waals surface area contributed by atoms with Crippen LogP contribution in [0, 0.1) is 0 Å². The summed E-state index contributed by atoms with van der Waals surface area (Å²) in [5.41, 5.74) is 2.65. The van der Waals surface area contributed by atoms with Crippen LogP contribution in [0.2, 0.25) is 5.02 Å². The first-order chi connectivity index (χ1) is 10.6. The molecular weight excluding hydrogens is 296 g/mol. The van der Waals surface area contributed by atoms with Crippen LogP contribution in [0.1, 0.15) is 41.3 Å². The Balaban J connectivity index is 2.29. The molecule has 0 bridgehead atoms. The maximum atomic E-state index is 12.0. The summed E-state index contributed by atoms with van der Waals surface area (Å²) in [6, 6.07) is 13.1. The zero-order valence-electron chi connectivity index (χ0n) is 12.8. The van der Waals surface area contributed by atoms with Crippen molar-refractivity contribution < 1.29 is 9.53 Å². The third-order valence-electron chi connectivity index (χ3n) is 3.35. The SMILES string of the molecule is CCCC(=O)c1ccc(OC)c(/C=C/c2ccc(Cl)cc2)c1. The second-order valence-corrected chi connectivity index (χ2v) is 5.45. The van der Waals surface area contributed by atoms with Gasteiger partial charge >= 0.3 is 0 Å². The second-order valence-electron chi connectivity index (χ2n) is 5.01. The molecule has 0 aliphatic rings. The lowest BCUT2D eigenvalue weighted by atomic mass is 10.0. The number of halogens is 1. The number of benzene rings is 2. The van der Waals surface area contributed by atoms with Crippen molar-refractivity contribution in [3.8, 4) is 5.75 Å². The molecule has 0 heterocycles. The average molecular weight is 315 g/mol. The third-order valence-corrected chi connectivity index (χ3v) is 3.61. The Bertz CT molecular complexity index is 672. The van der Waals surface area contributed by atoms with Gasteiger partial charge in [-0.25, -0.2) is 0 Å². The first kappa shape index (κ1) is 16.3. The minimum Gasteiger partial charge on any atom is -0.496 e. The average Bonchev–Trinajstić information content (AvgIpc) is 2.54. The van der Waals surface area contributed by atoms with E-state index in [1.807, 2.05) is 61.5 Å². The Kier molecular flexibility index (Phi) is 5.79. The van der Waals surface area contributed by atoms with E-state index in [1.165, 1.54) is 0 Å². The van der Waals surface area contributed by atoms with E-state index >= 15 is 0 Å². The van der Waals surface area contributed by atoms with Crippen molar-refractivity contribution in [2.75, 3.05) is 7.11 Å². The number of hydrogen-bond donors (Lipinski definition) is 0. The molecule has 0 amide bonds. The van der Waals surface area contributed by atoms with Crippen LogP contribution in [0.3, 0.4) is 0 Å². The van der Waals surface area contributed by atoms with Crippen molar-refractivity contribution in [1.29, 1.82) is 0 Å². The molecule has 0 radical (unpaired) electrons. The van der Waals surface area contributed by atoms with Crippen LogP contribution in [-0.4, -0.2) is 12.9 Å². The van der Waals surface area contributed by atoms with Crippen LogP contribution in [0.15, 0.2) is 42.5 Å². The minimum atomic E-state index is 0.159. The molecule has 0 aliphatic heterocycles. The molecule has 0 fully saturated rings. The van der Waals surface area contributed by atoms with Crippen LogP contribution < -0.4 is 4.74 Å². The van der Waals surface area contributed by atoms with Crippen molar-refractivity contribution in [3.63, 3.8) is 0 Å². The fraction of sp³-hybridized carbons (Fsp3) is 0.211. The number of hydrogen-bond acceptors (Lipinski definition) is 2. The van der Waals surface area contributed by atoms with Gasteiger partial charge in [0.15, 0.2) is 5.78 Å². The highest BCUT2D eigenvalue weighted by Gasteiger charge is 2.08. The molecular formula is C19H19ClO2. The largest absolute Gasteiger partial charge is 0.496 e. The van der Waals surface area contributed by atoms with Crippen LogP contribution in [0.5, 0.6) is 5.75 Å². The molecule has 0 atom stereocenters. The van der Waals surface area contributed by atoms with E-state index in [1.54, 1.807) is 7.11 Å². The van der Waals surface area contributed by atoms with Crippen LogP contribution in [-0.2, 0) is 0 Å². The summed E-state index contributed by atoms with van der Waals surface area (Å²) in [5.74, 6) is 0.907. The summed E-state index contributed by atoms with van der Waals surface area (Å²) < 4.78 is 5.36. The zero-order valence-corrected chi connectivity index (χ0v) is 13.6. The monoisotopic (exact) mass is 314 g/mol. The molecule has 0 saturated heterocycles. The van der Waals surface area contributed by atoms with Crippen LogP contribution in [0.25, 0.3) is 12.2 Å². The van der Waals surface area contributed by atoms with Gasteiger partial charge in [-0.2, -0.15) is 0 Å². The Labute approximate surface area is 136 Å². The fourth-order valence-electron chi connectivity index (χ4n) is 2.17. The number of ether oxygens (including phenoxy) is 1. The van der Waals surface area contributed by atoms with Crippen molar-refractivity contribution in [2.45, 2.75) is 19.8 Å². The van der Waals surface area contributed by atoms with Gasteiger partial charge in [-0.05, 0) is 42.3 Å². The third kappa shape index (κ3) is 4.22. The number of carbonyl (C=O) groups excluding carboxylic acids is 1. The molecule has 114 valence electrons. The summed E-state index contributed by atoms with van der Waals surface area (Å²) in [7, 11) is 1.63. The normalized spacial score (nSPS) is 10.9. The molecule has 22 heavy (non-hydrogen) atoms. The van der Waals surface area contributed by atoms with Gasteiger partial charge in [-0.1, -0.05) is 42.8 Å². The molecule has 0 saturated carbocycles. The van der Waals surface area contributed by atoms with Gasteiger partial charge < -0.3 is 4.74 Å². The van der Waals surface area contributed by atoms with E-state index in [9.17, 15) is 4.79 Å². The van der Waals surface area contributed by atoms with E-state index < -0.39 is 0 Å². The lowest BCUT2D eigenvalue weighted by molar-refractivity contribution is 0.0981. The van der Waals surface area contributed by atoms with E-state index in [0.29, 0.717) is 11.4 Å². The van der Waals surface area contributed by atoms with E-state index in [4.69, 9.17) is 16.3 Å². The summed E-state index contributed by atoms with van der Waals surface area (Å²) in [6.45, 7) is 2.00. The smallest absolute Gasteiger partial charge is 0.162 e. The van der Waals surface area contributed by atoms with E-state index in [0.717, 1.165) is 28.9 Å². The number of rotatable bonds is 6. The highest BCUT2D eigenvalue weighted by molar-refractivity contribution is 6.30. The Morgan fingerprint density at radius 3 is 2.50 bits per heavy atom. The predicted octanol–water partition coefficient (Wildman–Crippen LogP) is 5.50. The van der Waals surface area contributed by atoms with E-state index in [-0.39, 0.29) is 5.78 Å². The van der Waals surface area contributed by atoms with Gasteiger partial charge in [-0.15, -0.1) is 0 Å². The van der Waals surface area contributed by atoms with Crippen molar-refractivity contribution in [3.05, 3.63) is 64.2 Å². The first-order valence-electron chi connectivity index (χ1n) is 7.29. The van der Waals surface area contributed by atoms with E-state index in [2.05, 4.69) is 0 Å². The number of ketones is 1. The maximum Gasteiger partial charge on any atom is 0.162 e. The van der Waals surface area contributed by atoms with Crippen LogP contribution in [0.4, 0.5) is 0 Å². The molecule has 0 aliphatic carbocycles. The molecule has 3 heteroatoms. The Morgan fingerprint density at radius 2 is 1.86 bits per heavy atom. The highest BCUT2D eigenvalue weighted by atomic mass is 35.5. The number of methoxy groups -OCH3 is 1. The van der Waals surface area contributed by atoms with Gasteiger partial charge in [0.1, 0.15) is 5.75 Å². The Morgan fingerprint density at radius 1 is 1.14 bits per heavy atom. The van der Waals surface area contributed by atoms with Gasteiger partial charge in [0.25, 0.3) is 0 Å². The summed E-state index contributed by atoms with van der Waals surface area (Å²) >= 11 is 5.88. The van der Waals surface area contributed by atoms with Gasteiger partial charge in [0, 0.05) is 22.6 Å². The molecule has 0 spiro atoms. The lowest BCUT2D eigenvalue weighted by Gasteiger charge is -2.07. The maximum absolute atomic E-state index is 12.0. The summed E-state index contributed by atoms with van der Waals surface area (Å²) in [5, 5.41) is 0.710. The summed E-state index contributed by atoms with van der Waals surface area (Å²) in [6.07, 6.45) is 5.33. The van der Waals surface area contributed by atoms with Crippen molar-refractivity contribution >= 4 is 29.5 Å². The van der Waals surface area contributed by atoms with Crippen LogP contribution >= 0.6 is 11.6 Å². The molecule has 0 N–H and O–H groups in total. The Hall–Kier alpha value is -2.06. The first-order valence-corrected chi connectivity index (χ1v) is 7.66. The van der Waals surface area contributed by atoms with Crippen molar-refractivity contribution in [1.82, 2.24) is 0 Å². The fourth-order valence-corrected chi connectivity index (χ4v) is 2.30. The van der Waals surface area contributed by atoms with Crippen molar-refractivity contribution in [2.24, 2.45) is 0 Å². The molecule has 2 aromatic rings. The molecule has 2 aromatic carbocycles. The second kappa shape index (κ2) is 7.81. The lowest BCUT2D eigenvalue weighted by Crippen LogP contribution is -1.99. The zero-order chi connectivity index (χ0) is 15.9. The molecule has 2 nitrogen and oxygen atoms in total. The van der Waals surface area contributed by atoms with Gasteiger partial charge in [-0.3, -0.25) is 4.79 Å². The molecule has 0 aromatic heterocycles. The summed E-state index contributed by atoms with van der Waals surface area (Å²) in [4.78, 5) is 12.0. The minimum absolute atomic E-state index is 0.159. The number of carbonyl (C=O) groups is 1. The van der Waals surface area contributed by atoms with Gasteiger partial charge in [0.2, 0.25) is 0 Å². The topological polar surface area (TPSA) is 26.3 Å². The van der Waals surface area contributed by atoms with Gasteiger partial charge in [0.05, 0.1) is 7.11 Å². The molecule has 2 rings (SSSR count). The standard InChI is InChI=1S/C19H19ClO2/c1-3-4-18(21)15-9-12-19(22-2)16(13-15)8-5-14-6-10-17(20)11-7-14/h5-13H,3-4H2,1-2H3/b8-5+.